The van der Waals surface area contributed by atoms with E-state index in [1.807, 2.05) is 0 Å². The van der Waals surface area contributed by atoms with E-state index in [2.05, 4.69) is 12.2 Å². The summed E-state index contributed by atoms with van der Waals surface area (Å²) in [5.41, 5.74) is 0.483. The molecule has 1 aliphatic rings. The first kappa shape index (κ1) is 17.5. The summed E-state index contributed by atoms with van der Waals surface area (Å²) in [7, 11) is 1.26. The van der Waals surface area contributed by atoms with Crippen molar-refractivity contribution in [1.82, 2.24) is 0 Å². The summed E-state index contributed by atoms with van der Waals surface area (Å²) in [6.07, 6.45) is 2.44. The van der Waals surface area contributed by atoms with Crippen molar-refractivity contribution in [3.8, 4) is 0 Å². The molecule has 0 unspecified atom stereocenters. The number of rotatable bonds is 3. The Morgan fingerprint density at radius 2 is 1.92 bits per heavy atom. The molecule has 25 heavy (non-hydrogen) atoms. The number of hydrogen-bond acceptors (Lipinski definition) is 4. The molecule has 3 rings (SSSR count). The third-order valence-corrected chi connectivity index (χ3v) is 5.49. The molecule has 1 aromatic heterocycles. The Hall–Kier alpha value is -2.28. The Kier molecular flexibility index (Phi) is 4.85. The summed E-state index contributed by atoms with van der Waals surface area (Å²) in [6, 6.07) is 3.22. The highest BCUT2D eigenvalue weighted by molar-refractivity contribution is 7.17. The lowest BCUT2D eigenvalue weighted by Gasteiger charge is -2.18. The average molecular weight is 365 g/mol. The number of anilines is 1. The van der Waals surface area contributed by atoms with Crippen molar-refractivity contribution in [2.75, 3.05) is 12.4 Å². The highest BCUT2D eigenvalue weighted by Gasteiger charge is 2.29. The maximum Gasteiger partial charge on any atom is 0.341 e. The van der Waals surface area contributed by atoms with E-state index in [1.54, 1.807) is 0 Å². The largest absolute Gasteiger partial charge is 0.465 e. The third-order valence-electron chi connectivity index (χ3n) is 4.32. The van der Waals surface area contributed by atoms with Gasteiger partial charge in [-0.2, -0.15) is 0 Å². The Morgan fingerprint density at radius 3 is 2.56 bits per heavy atom. The Labute approximate surface area is 147 Å². The van der Waals surface area contributed by atoms with Gasteiger partial charge in [-0.15, -0.1) is 11.3 Å². The summed E-state index contributed by atoms with van der Waals surface area (Å²) >= 11 is 1.27. The number of thiophene rings is 1. The first-order valence-electron chi connectivity index (χ1n) is 7.90. The van der Waals surface area contributed by atoms with Crippen LogP contribution < -0.4 is 5.32 Å². The molecule has 1 aliphatic carbocycles. The molecule has 0 bridgehead atoms. The fourth-order valence-electron chi connectivity index (χ4n) is 3.04. The second-order valence-electron chi connectivity index (χ2n) is 6.10. The number of fused-ring (bicyclic) bond motifs is 1. The number of halogens is 2. The van der Waals surface area contributed by atoms with E-state index in [9.17, 15) is 18.4 Å². The number of hydrogen-bond donors (Lipinski definition) is 1. The fourth-order valence-corrected chi connectivity index (χ4v) is 4.43. The number of esters is 1. The minimum Gasteiger partial charge on any atom is -0.465 e. The predicted molar refractivity (Wildman–Crippen MR) is 91.2 cm³/mol. The van der Waals surface area contributed by atoms with Crippen molar-refractivity contribution >= 4 is 28.2 Å². The summed E-state index contributed by atoms with van der Waals surface area (Å²) in [4.78, 5) is 25.5. The van der Waals surface area contributed by atoms with Gasteiger partial charge >= 0.3 is 5.97 Å². The van der Waals surface area contributed by atoms with Gasteiger partial charge in [-0.3, -0.25) is 4.79 Å². The quantitative estimate of drug-likeness (QED) is 0.830. The van der Waals surface area contributed by atoms with E-state index < -0.39 is 29.1 Å². The monoisotopic (exact) mass is 365 g/mol. The van der Waals surface area contributed by atoms with Gasteiger partial charge in [-0.1, -0.05) is 13.0 Å². The first-order chi connectivity index (χ1) is 11.9. The van der Waals surface area contributed by atoms with Crippen LogP contribution in [0.15, 0.2) is 18.2 Å². The lowest BCUT2D eigenvalue weighted by atomic mass is 9.88. The van der Waals surface area contributed by atoms with E-state index in [0.717, 1.165) is 35.4 Å². The van der Waals surface area contributed by atoms with Crippen LogP contribution in [0.3, 0.4) is 0 Å². The number of amides is 1. The minimum absolute atomic E-state index is 0.276. The number of nitrogens with one attached hydrogen (secondary N) is 1. The van der Waals surface area contributed by atoms with E-state index in [-0.39, 0.29) is 5.00 Å². The van der Waals surface area contributed by atoms with Crippen LogP contribution in [-0.4, -0.2) is 19.0 Å². The standard InChI is InChI=1S/C18H17F2NO3S/c1-9-6-7-10-13(8-9)25-17(14(10)18(23)24-2)21-16(22)15-11(19)4-3-5-12(15)20/h3-5,9H,6-8H2,1-2H3,(H,21,22)/t9-/m1/s1. The molecule has 1 N–H and O–H groups in total. The van der Waals surface area contributed by atoms with Gasteiger partial charge in [0.2, 0.25) is 0 Å². The van der Waals surface area contributed by atoms with Gasteiger partial charge in [0.25, 0.3) is 5.91 Å². The summed E-state index contributed by atoms with van der Waals surface area (Å²) in [5, 5.41) is 2.77. The lowest BCUT2D eigenvalue weighted by Crippen LogP contribution is -2.18. The van der Waals surface area contributed by atoms with E-state index in [0.29, 0.717) is 17.9 Å². The van der Waals surface area contributed by atoms with Crippen molar-refractivity contribution < 1.29 is 23.1 Å². The molecule has 0 radical (unpaired) electrons. The van der Waals surface area contributed by atoms with Crippen molar-refractivity contribution in [1.29, 1.82) is 0 Å². The zero-order chi connectivity index (χ0) is 18.1. The smallest absolute Gasteiger partial charge is 0.341 e. The fraction of sp³-hybridized carbons (Fsp3) is 0.333. The van der Waals surface area contributed by atoms with Gasteiger partial charge in [0.15, 0.2) is 0 Å². The summed E-state index contributed by atoms with van der Waals surface area (Å²) in [6.45, 7) is 2.12. The molecular formula is C18H17F2NO3S. The van der Waals surface area contributed by atoms with Crippen LogP contribution in [0.5, 0.6) is 0 Å². The zero-order valence-corrected chi connectivity index (χ0v) is 14.6. The van der Waals surface area contributed by atoms with Crippen LogP contribution in [0.2, 0.25) is 0 Å². The molecule has 132 valence electrons. The van der Waals surface area contributed by atoms with Crippen LogP contribution in [0, 0.1) is 17.6 Å². The maximum atomic E-state index is 13.8. The van der Waals surface area contributed by atoms with Crippen LogP contribution in [-0.2, 0) is 17.6 Å². The average Bonchev–Trinajstić information content (AvgIpc) is 2.90. The Bertz CT molecular complexity index is 827. The van der Waals surface area contributed by atoms with Gasteiger partial charge in [0.1, 0.15) is 22.2 Å². The molecular weight excluding hydrogens is 348 g/mol. The van der Waals surface area contributed by atoms with Crippen molar-refractivity contribution in [3.05, 3.63) is 51.4 Å². The van der Waals surface area contributed by atoms with Crippen LogP contribution in [0.1, 0.15) is 44.5 Å². The number of methoxy groups -OCH3 is 1. The second-order valence-corrected chi connectivity index (χ2v) is 7.20. The topological polar surface area (TPSA) is 55.4 Å². The molecule has 4 nitrogen and oxygen atoms in total. The molecule has 1 atom stereocenters. The molecule has 0 saturated carbocycles. The molecule has 1 heterocycles. The van der Waals surface area contributed by atoms with Crippen LogP contribution in [0.4, 0.5) is 13.8 Å². The number of benzene rings is 1. The first-order valence-corrected chi connectivity index (χ1v) is 8.72. The van der Waals surface area contributed by atoms with Gasteiger partial charge in [0, 0.05) is 4.88 Å². The van der Waals surface area contributed by atoms with E-state index >= 15 is 0 Å². The minimum atomic E-state index is -0.952. The Balaban J connectivity index is 2.00. The molecule has 0 fully saturated rings. The van der Waals surface area contributed by atoms with Crippen molar-refractivity contribution in [3.63, 3.8) is 0 Å². The molecule has 0 saturated heterocycles. The van der Waals surface area contributed by atoms with Gasteiger partial charge in [-0.05, 0) is 42.9 Å². The van der Waals surface area contributed by atoms with Gasteiger partial charge < -0.3 is 10.1 Å². The summed E-state index contributed by atoms with van der Waals surface area (Å²) in [5.74, 6) is -2.91. The predicted octanol–water partition coefficient (Wildman–Crippen LogP) is 4.19. The highest BCUT2D eigenvalue weighted by Crippen LogP contribution is 2.40. The van der Waals surface area contributed by atoms with Gasteiger partial charge in [-0.25, -0.2) is 13.6 Å². The number of carbonyl (C=O) groups is 2. The molecule has 0 spiro atoms. The molecule has 1 amide bonds. The number of ether oxygens (including phenoxy) is 1. The van der Waals surface area contributed by atoms with E-state index in [4.69, 9.17) is 4.74 Å². The van der Waals surface area contributed by atoms with E-state index in [1.165, 1.54) is 24.5 Å². The lowest BCUT2D eigenvalue weighted by molar-refractivity contribution is 0.0601. The molecule has 0 aliphatic heterocycles. The van der Waals surface area contributed by atoms with Crippen molar-refractivity contribution in [2.45, 2.75) is 26.2 Å². The zero-order valence-electron chi connectivity index (χ0n) is 13.8. The molecule has 1 aromatic carbocycles. The van der Waals surface area contributed by atoms with Crippen LogP contribution in [0.25, 0.3) is 0 Å². The number of carbonyl (C=O) groups excluding carboxylic acids is 2. The SMILES string of the molecule is COC(=O)c1c(NC(=O)c2c(F)cccc2F)sc2c1CC[C@@H](C)C2. The normalized spacial score (nSPS) is 16.2. The second kappa shape index (κ2) is 6.92. The molecule has 7 heteroatoms. The Morgan fingerprint density at radius 1 is 1.24 bits per heavy atom. The highest BCUT2D eigenvalue weighted by atomic mass is 32.1. The third kappa shape index (κ3) is 3.28. The van der Waals surface area contributed by atoms with Crippen LogP contribution >= 0.6 is 11.3 Å². The van der Waals surface area contributed by atoms with Crippen molar-refractivity contribution in [2.24, 2.45) is 5.92 Å². The maximum absolute atomic E-state index is 13.8. The summed E-state index contributed by atoms with van der Waals surface area (Å²) < 4.78 is 32.5. The van der Waals surface area contributed by atoms with Gasteiger partial charge in [0.05, 0.1) is 12.7 Å². The molecule has 2 aromatic rings.